The molecular formula is C34H32O2S2. The first-order valence-electron chi connectivity index (χ1n) is 12.8. The van der Waals surface area contributed by atoms with Gasteiger partial charge in [-0.1, -0.05) is 97.1 Å². The van der Waals surface area contributed by atoms with E-state index in [1.165, 1.54) is 23.1 Å². The second-order valence-electron chi connectivity index (χ2n) is 9.02. The number of allylic oxidation sites excluding steroid dienone is 2. The standard InChI is InChI=1S/C34H32O2S2/c1-35-30-18-14-26(15-19-30)32(27-16-20-31(36-2)21-17-27)22-23-33(28-10-5-3-6-11-28)34(37-24-9-25-38-34)29-12-7-4-8-13-29/h3-8,10-23H,9,24-25H2,1-2H3. The van der Waals surface area contributed by atoms with E-state index in [0.29, 0.717) is 0 Å². The van der Waals surface area contributed by atoms with Gasteiger partial charge in [-0.3, -0.25) is 0 Å². The average molecular weight is 537 g/mol. The maximum Gasteiger partial charge on any atom is 0.118 e. The first-order valence-corrected chi connectivity index (χ1v) is 14.8. The first kappa shape index (κ1) is 26.3. The van der Waals surface area contributed by atoms with Crippen LogP contribution in [-0.4, -0.2) is 25.7 Å². The van der Waals surface area contributed by atoms with Gasteiger partial charge in [0.1, 0.15) is 15.6 Å². The van der Waals surface area contributed by atoms with Gasteiger partial charge in [0.15, 0.2) is 0 Å². The van der Waals surface area contributed by atoms with Gasteiger partial charge >= 0.3 is 0 Å². The van der Waals surface area contributed by atoms with Crippen molar-refractivity contribution in [2.24, 2.45) is 0 Å². The van der Waals surface area contributed by atoms with Crippen LogP contribution in [0.3, 0.4) is 0 Å². The fourth-order valence-electron chi connectivity index (χ4n) is 4.75. The van der Waals surface area contributed by atoms with Gasteiger partial charge in [-0.2, -0.15) is 0 Å². The van der Waals surface area contributed by atoms with E-state index < -0.39 is 0 Å². The third kappa shape index (κ3) is 5.72. The molecule has 5 rings (SSSR count). The zero-order valence-electron chi connectivity index (χ0n) is 21.8. The van der Waals surface area contributed by atoms with Gasteiger partial charge in [-0.05, 0) is 75.6 Å². The van der Waals surface area contributed by atoms with Gasteiger partial charge in [0.05, 0.1) is 14.2 Å². The molecule has 38 heavy (non-hydrogen) atoms. The van der Waals surface area contributed by atoms with Crippen molar-refractivity contribution in [3.8, 4) is 11.5 Å². The van der Waals surface area contributed by atoms with Crippen molar-refractivity contribution in [3.63, 3.8) is 0 Å². The third-order valence-electron chi connectivity index (χ3n) is 6.71. The highest BCUT2D eigenvalue weighted by molar-refractivity contribution is 8.18. The SMILES string of the molecule is COc1ccc(C(=CC=C(c2ccccc2)C2(c3ccccc3)SCCCS2)c2ccc(OC)cc2)cc1. The molecular weight excluding hydrogens is 505 g/mol. The highest BCUT2D eigenvalue weighted by atomic mass is 32.2. The summed E-state index contributed by atoms with van der Waals surface area (Å²) in [5.74, 6) is 3.97. The maximum atomic E-state index is 5.43. The van der Waals surface area contributed by atoms with E-state index in [2.05, 4.69) is 121 Å². The largest absolute Gasteiger partial charge is 0.497 e. The van der Waals surface area contributed by atoms with Crippen molar-refractivity contribution in [2.45, 2.75) is 10.5 Å². The Morgan fingerprint density at radius 3 is 1.61 bits per heavy atom. The van der Waals surface area contributed by atoms with E-state index in [4.69, 9.17) is 9.47 Å². The molecule has 0 bridgehead atoms. The minimum Gasteiger partial charge on any atom is -0.497 e. The summed E-state index contributed by atoms with van der Waals surface area (Å²) in [5, 5.41) is 0. The lowest BCUT2D eigenvalue weighted by Crippen LogP contribution is -2.24. The number of hydrogen-bond donors (Lipinski definition) is 0. The van der Waals surface area contributed by atoms with Gasteiger partial charge in [0, 0.05) is 0 Å². The number of hydrogen-bond acceptors (Lipinski definition) is 4. The Balaban J connectivity index is 1.70. The minimum atomic E-state index is -0.178. The molecule has 192 valence electrons. The molecule has 1 aliphatic rings. The van der Waals surface area contributed by atoms with E-state index >= 15 is 0 Å². The van der Waals surface area contributed by atoms with Crippen LogP contribution in [0.15, 0.2) is 121 Å². The number of benzene rings is 4. The van der Waals surface area contributed by atoms with Crippen LogP contribution in [-0.2, 0) is 4.08 Å². The number of rotatable bonds is 8. The van der Waals surface area contributed by atoms with Crippen LogP contribution >= 0.6 is 23.5 Å². The zero-order valence-corrected chi connectivity index (χ0v) is 23.4. The molecule has 4 aromatic rings. The van der Waals surface area contributed by atoms with E-state index in [-0.39, 0.29) is 4.08 Å². The summed E-state index contributed by atoms with van der Waals surface area (Å²) in [4.78, 5) is 0. The molecule has 0 spiro atoms. The van der Waals surface area contributed by atoms with Crippen molar-refractivity contribution in [3.05, 3.63) is 144 Å². The molecule has 2 nitrogen and oxygen atoms in total. The maximum absolute atomic E-state index is 5.43. The molecule has 1 saturated heterocycles. The van der Waals surface area contributed by atoms with Gasteiger partial charge in [-0.25, -0.2) is 0 Å². The second kappa shape index (κ2) is 12.5. The molecule has 0 saturated carbocycles. The Bertz CT molecular complexity index is 1320. The van der Waals surface area contributed by atoms with Crippen LogP contribution in [0.4, 0.5) is 0 Å². The van der Waals surface area contributed by atoms with Crippen molar-refractivity contribution in [1.29, 1.82) is 0 Å². The highest BCUT2D eigenvalue weighted by Gasteiger charge is 2.39. The predicted octanol–water partition coefficient (Wildman–Crippen LogP) is 8.94. The van der Waals surface area contributed by atoms with E-state index in [9.17, 15) is 0 Å². The van der Waals surface area contributed by atoms with Gasteiger partial charge in [0.2, 0.25) is 0 Å². The summed E-state index contributed by atoms with van der Waals surface area (Å²) in [6, 6.07) is 38.4. The third-order valence-corrected chi connectivity index (χ3v) is 10.1. The lowest BCUT2D eigenvalue weighted by molar-refractivity contribution is 0.414. The number of ether oxygens (including phenoxy) is 2. The molecule has 0 amide bonds. The molecule has 0 aliphatic carbocycles. The van der Waals surface area contributed by atoms with Crippen molar-refractivity contribution in [2.75, 3.05) is 25.7 Å². The monoisotopic (exact) mass is 536 g/mol. The van der Waals surface area contributed by atoms with E-state index in [0.717, 1.165) is 39.7 Å². The average Bonchev–Trinajstić information content (AvgIpc) is 3.01. The Kier molecular flexibility index (Phi) is 8.62. The van der Waals surface area contributed by atoms with Crippen LogP contribution in [0.1, 0.15) is 28.7 Å². The molecule has 1 fully saturated rings. The van der Waals surface area contributed by atoms with Crippen LogP contribution in [0, 0.1) is 0 Å². The van der Waals surface area contributed by atoms with E-state index in [1.807, 2.05) is 24.3 Å². The summed E-state index contributed by atoms with van der Waals surface area (Å²) in [7, 11) is 3.40. The van der Waals surface area contributed by atoms with Crippen LogP contribution < -0.4 is 9.47 Å². The van der Waals surface area contributed by atoms with Crippen molar-refractivity contribution >= 4 is 34.7 Å². The lowest BCUT2D eigenvalue weighted by atomic mass is 9.93. The quantitative estimate of drug-likeness (QED) is 0.209. The lowest BCUT2D eigenvalue weighted by Gasteiger charge is -2.39. The molecule has 4 heteroatoms. The van der Waals surface area contributed by atoms with Crippen LogP contribution in [0.25, 0.3) is 11.1 Å². The highest BCUT2D eigenvalue weighted by Crippen LogP contribution is 2.58. The fraction of sp³-hybridized carbons (Fsp3) is 0.176. The Hall–Kier alpha value is -3.34. The zero-order chi connectivity index (χ0) is 26.2. The smallest absolute Gasteiger partial charge is 0.118 e. The summed E-state index contributed by atoms with van der Waals surface area (Å²) >= 11 is 4.10. The summed E-state index contributed by atoms with van der Waals surface area (Å²) < 4.78 is 10.7. The molecule has 0 atom stereocenters. The Morgan fingerprint density at radius 1 is 0.605 bits per heavy atom. The van der Waals surface area contributed by atoms with Gasteiger partial charge in [-0.15, -0.1) is 23.5 Å². The van der Waals surface area contributed by atoms with Crippen molar-refractivity contribution in [1.82, 2.24) is 0 Å². The summed E-state index contributed by atoms with van der Waals surface area (Å²) in [6.45, 7) is 0. The molecule has 0 unspecified atom stereocenters. The van der Waals surface area contributed by atoms with Crippen LogP contribution in [0.5, 0.6) is 11.5 Å². The van der Waals surface area contributed by atoms with E-state index in [1.54, 1.807) is 14.2 Å². The van der Waals surface area contributed by atoms with Gasteiger partial charge in [0.25, 0.3) is 0 Å². The molecule has 0 N–H and O–H groups in total. The van der Waals surface area contributed by atoms with Gasteiger partial charge < -0.3 is 9.47 Å². The summed E-state index contributed by atoms with van der Waals surface area (Å²) in [5.41, 5.74) is 7.33. The molecule has 1 heterocycles. The summed E-state index contributed by atoms with van der Waals surface area (Å²) in [6.07, 6.45) is 5.86. The second-order valence-corrected chi connectivity index (χ2v) is 11.9. The predicted molar refractivity (Wildman–Crippen MR) is 165 cm³/mol. The van der Waals surface area contributed by atoms with Crippen LogP contribution in [0.2, 0.25) is 0 Å². The Labute approximate surface area is 234 Å². The number of thioether (sulfide) groups is 2. The normalized spacial score (nSPS) is 14.9. The topological polar surface area (TPSA) is 18.5 Å². The molecule has 0 aromatic heterocycles. The molecule has 4 aromatic carbocycles. The van der Waals surface area contributed by atoms with Crippen molar-refractivity contribution < 1.29 is 9.47 Å². The Morgan fingerprint density at radius 2 is 1.11 bits per heavy atom. The number of methoxy groups -OCH3 is 2. The minimum absolute atomic E-state index is 0.178. The molecule has 0 radical (unpaired) electrons. The molecule has 1 aliphatic heterocycles. The first-order chi connectivity index (χ1) is 18.7. The fourth-order valence-corrected chi connectivity index (χ4v) is 8.20.